The van der Waals surface area contributed by atoms with Gasteiger partial charge in [0, 0.05) is 18.2 Å². The molecular weight excluding hydrogens is 242 g/mol. The molecule has 2 rings (SSSR count). The summed E-state index contributed by atoms with van der Waals surface area (Å²) in [4.78, 5) is 14.3. The van der Waals surface area contributed by atoms with E-state index >= 15 is 0 Å². The van der Waals surface area contributed by atoms with Crippen molar-refractivity contribution in [2.45, 2.75) is 38.3 Å². The highest BCUT2D eigenvalue weighted by Gasteiger charge is 2.29. The Labute approximate surface area is 114 Å². The molecule has 0 aliphatic carbocycles. The summed E-state index contributed by atoms with van der Waals surface area (Å²) in [5.41, 5.74) is 0.679. The molecule has 2 unspecified atom stereocenters. The molecule has 1 aliphatic heterocycles. The van der Waals surface area contributed by atoms with Gasteiger partial charge in [0.2, 0.25) is 0 Å². The lowest BCUT2D eigenvalue weighted by molar-refractivity contribution is 0.0682. The lowest BCUT2D eigenvalue weighted by Crippen LogP contribution is -2.37. The smallest absolute Gasteiger partial charge is 0.254 e. The minimum Gasteiger partial charge on any atom is -0.497 e. The summed E-state index contributed by atoms with van der Waals surface area (Å²) in [6, 6.07) is 7.34. The van der Waals surface area contributed by atoms with Crippen LogP contribution >= 0.6 is 0 Å². The molecule has 4 heteroatoms. The van der Waals surface area contributed by atoms with Gasteiger partial charge in [-0.25, -0.2) is 0 Å². The summed E-state index contributed by atoms with van der Waals surface area (Å²) < 4.78 is 5.09. The van der Waals surface area contributed by atoms with Crippen LogP contribution in [0.5, 0.6) is 5.75 Å². The monoisotopic (exact) mass is 263 g/mol. The van der Waals surface area contributed by atoms with Gasteiger partial charge in [-0.05, 0) is 50.5 Å². The molecule has 0 radical (unpaired) electrons. The van der Waals surface area contributed by atoms with Crippen LogP contribution in [-0.4, -0.2) is 41.7 Å². The van der Waals surface area contributed by atoms with Crippen molar-refractivity contribution < 1.29 is 14.6 Å². The molecule has 0 bridgehead atoms. The number of ether oxygens (including phenoxy) is 1. The second-order valence-electron chi connectivity index (χ2n) is 5.11. The van der Waals surface area contributed by atoms with Gasteiger partial charge in [-0.1, -0.05) is 0 Å². The van der Waals surface area contributed by atoms with E-state index in [0.717, 1.165) is 25.1 Å². The van der Waals surface area contributed by atoms with Gasteiger partial charge in [0.1, 0.15) is 5.75 Å². The number of likely N-dealkylation sites (tertiary alicyclic amines) is 1. The molecule has 1 heterocycles. The predicted octanol–water partition coefficient (Wildman–Crippen LogP) is 2.07. The average Bonchev–Trinajstić information content (AvgIpc) is 2.85. The van der Waals surface area contributed by atoms with Crippen LogP contribution in [0.4, 0.5) is 0 Å². The minimum atomic E-state index is -0.366. The summed E-state index contributed by atoms with van der Waals surface area (Å²) in [5.74, 6) is 0.796. The molecule has 1 aromatic carbocycles. The molecule has 1 fully saturated rings. The average molecular weight is 263 g/mol. The highest BCUT2D eigenvalue weighted by atomic mass is 16.5. The second-order valence-corrected chi connectivity index (χ2v) is 5.11. The van der Waals surface area contributed by atoms with Crippen molar-refractivity contribution >= 4 is 5.91 Å². The number of rotatable bonds is 4. The van der Waals surface area contributed by atoms with Gasteiger partial charge in [0.05, 0.1) is 13.2 Å². The highest BCUT2D eigenvalue weighted by molar-refractivity contribution is 5.94. The molecule has 1 aliphatic rings. The summed E-state index contributed by atoms with van der Waals surface area (Å²) in [5, 5.41) is 9.50. The van der Waals surface area contributed by atoms with Gasteiger partial charge >= 0.3 is 0 Å². The first-order chi connectivity index (χ1) is 9.11. The first-order valence-electron chi connectivity index (χ1n) is 6.75. The molecule has 2 atom stereocenters. The third-order valence-corrected chi connectivity index (χ3v) is 3.59. The zero-order chi connectivity index (χ0) is 13.8. The lowest BCUT2D eigenvalue weighted by atomic mass is 10.1. The Bertz CT molecular complexity index is 428. The van der Waals surface area contributed by atoms with E-state index in [2.05, 4.69) is 0 Å². The predicted molar refractivity (Wildman–Crippen MR) is 73.4 cm³/mol. The molecule has 1 amide bonds. The van der Waals surface area contributed by atoms with E-state index in [0.29, 0.717) is 12.0 Å². The van der Waals surface area contributed by atoms with E-state index in [1.54, 1.807) is 38.3 Å². The summed E-state index contributed by atoms with van der Waals surface area (Å²) in [6.45, 7) is 2.55. The first kappa shape index (κ1) is 13.9. The maximum atomic E-state index is 12.4. The molecule has 0 saturated carbocycles. The SMILES string of the molecule is COc1ccc(C(=O)N2CCCC2CC(C)O)cc1. The third-order valence-electron chi connectivity index (χ3n) is 3.59. The zero-order valence-corrected chi connectivity index (χ0v) is 11.5. The van der Waals surface area contributed by atoms with E-state index in [-0.39, 0.29) is 18.1 Å². The largest absolute Gasteiger partial charge is 0.497 e. The molecule has 0 spiro atoms. The Kier molecular flexibility index (Phi) is 4.43. The van der Waals surface area contributed by atoms with Gasteiger partial charge < -0.3 is 14.7 Å². The molecule has 104 valence electrons. The number of methoxy groups -OCH3 is 1. The fourth-order valence-corrected chi connectivity index (χ4v) is 2.64. The molecule has 0 aromatic heterocycles. The quantitative estimate of drug-likeness (QED) is 0.904. The molecule has 1 N–H and O–H groups in total. The molecule has 1 aromatic rings. The van der Waals surface area contributed by atoms with Crippen LogP contribution < -0.4 is 4.74 Å². The van der Waals surface area contributed by atoms with Crippen LogP contribution in [0.15, 0.2) is 24.3 Å². The highest BCUT2D eigenvalue weighted by Crippen LogP contribution is 2.24. The summed E-state index contributed by atoms with van der Waals surface area (Å²) in [7, 11) is 1.61. The summed E-state index contributed by atoms with van der Waals surface area (Å²) in [6.07, 6.45) is 2.28. The fraction of sp³-hybridized carbons (Fsp3) is 0.533. The van der Waals surface area contributed by atoms with Crippen LogP contribution in [0.2, 0.25) is 0 Å². The number of carbonyl (C=O) groups excluding carboxylic acids is 1. The molecule has 1 saturated heterocycles. The number of amides is 1. The minimum absolute atomic E-state index is 0.0470. The number of carbonyl (C=O) groups is 1. The molecular formula is C15H21NO3. The van der Waals surface area contributed by atoms with Gasteiger partial charge in [-0.2, -0.15) is 0 Å². The van der Waals surface area contributed by atoms with Gasteiger partial charge in [0.15, 0.2) is 0 Å². The van der Waals surface area contributed by atoms with Crippen molar-refractivity contribution in [3.63, 3.8) is 0 Å². The van der Waals surface area contributed by atoms with Crippen molar-refractivity contribution in [3.8, 4) is 5.75 Å². The van der Waals surface area contributed by atoms with E-state index in [1.165, 1.54) is 0 Å². The number of hydrogen-bond donors (Lipinski definition) is 1. The third kappa shape index (κ3) is 3.26. The van der Waals surface area contributed by atoms with E-state index in [9.17, 15) is 9.90 Å². The number of hydrogen-bond acceptors (Lipinski definition) is 3. The maximum Gasteiger partial charge on any atom is 0.254 e. The Morgan fingerprint density at radius 1 is 1.47 bits per heavy atom. The van der Waals surface area contributed by atoms with Crippen LogP contribution in [0, 0.1) is 0 Å². The van der Waals surface area contributed by atoms with Crippen LogP contribution in [-0.2, 0) is 0 Å². The van der Waals surface area contributed by atoms with Crippen molar-refractivity contribution in [1.82, 2.24) is 4.90 Å². The van der Waals surface area contributed by atoms with Crippen LogP contribution in [0.1, 0.15) is 36.5 Å². The standard InChI is InChI=1S/C15H21NO3/c1-11(17)10-13-4-3-9-16(13)15(18)12-5-7-14(19-2)8-6-12/h5-8,11,13,17H,3-4,9-10H2,1-2H3. The number of benzene rings is 1. The normalized spacial score (nSPS) is 20.4. The zero-order valence-electron chi connectivity index (χ0n) is 11.5. The van der Waals surface area contributed by atoms with Crippen molar-refractivity contribution in [2.75, 3.05) is 13.7 Å². The number of aliphatic hydroxyl groups excluding tert-OH is 1. The Hall–Kier alpha value is -1.55. The van der Waals surface area contributed by atoms with Crippen molar-refractivity contribution in [1.29, 1.82) is 0 Å². The lowest BCUT2D eigenvalue weighted by Gasteiger charge is -2.25. The fourth-order valence-electron chi connectivity index (χ4n) is 2.64. The number of nitrogens with zero attached hydrogens (tertiary/aromatic N) is 1. The Morgan fingerprint density at radius 3 is 2.74 bits per heavy atom. The maximum absolute atomic E-state index is 12.4. The van der Waals surface area contributed by atoms with Crippen molar-refractivity contribution in [2.24, 2.45) is 0 Å². The van der Waals surface area contributed by atoms with E-state index in [1.807, 2.05) is 4.90 Å². The van der Waals surface area contributed by atoms with Gasteiger partial charge in [-0.15, -0.1) is 0 Å². The van der Waals surface area contributed by atoms with Crippen LogP contribution in [0.25, 0.3) is 0 Å². The molecule has 19 heavy (non-hydrogen) atoms. The first-order valence-corrected chi connectivity index (χ1v) is 6.75. The van der Waals surface area contributed by atoms with E-state index in [4.69, 9.17) is 4.74 Å². The summed E-state index contributed by atoms with van der Waals surface area (Å²) >= 11 is 0. The van der Waals surface area contributed by atoms with E-state index < -0.39 is 0 Å². The Balaban J connectivity index is 2.09. The Morgan fingerprint density at radius 2 is 2.16 bits per heavy atom. The van der Waals surface area contributed by atoms with Gasteiger partial charge in [0.25, 0.3) is 5.91 Å². The second kappa shape index (κ2) is 6.06. The van der Waals surface area contributed by atoms with Crippen LogP contribution in [0.3, 0.4) is 0 Å². The molecule has 4 nitrogen and oxygen atoms in total. The van der Waals surface area contributed by atoms with Gasteiger partial charge in [-0.3, -0.25) is 4.79 Å². The van der Waals surface area contributed by atoms with Crippen molar-refractivity contribution in [3.05, 3.63) is 29.8 Å². The number of aliphatic hydroxyl groups is 1. The topological polar surface area (TPSA) is 49.8 Å².